The molecule has 2 amide bonds. The molecule has 5 nitrogen and oxygen atoms in total. The molecule has 1 aromatic carbocycles. The number of nitrogens with two attached hydrogens (primary N) is 1. The van der Waals surface area contributed by atoms with Crippen LogP contribution in [0.3, 0.4) is 0 Å². The normalized spacial score (nSPS) is 15.0. The minimum atomic E-state index is -0.213. The molecule has 1 aliphatic rings. The first-order valence-corrected chi connectivity index (χ1v) is 7.90. The first kappa shape index (κ1) is 18.8. The fourth-order valence-corrected chi connectivity index (χ4v) is 3.00. The van der Waals surface area contributed by atoms with E-state index in [1.165, 1.54) is 0 Å². The molecule has 1 heterocycles. The Kier molecular flexibility index (Phi) is 7.16. The van der Waals surface area contributed by atoms with Crippen molar-refractivity contribution in [2.75, 3.05) is 24.1 Å². The van der Waals surface area contributed by atoms with Gasteiger partial charge in [0.25, 0.3) is 0 Å². The highest BCUT2D eigenvalue weighted by atomic mass is 79.9. The Bertz CT molecular complexity index is 566. The highest BCUT2D eigenvalue weighted by Crippen LogP contribution is 2.27. The van der Waals surface area contributed by atoms with Crippen LogP contribution in [0.1, 0.15) is 31.2 Å². The van der Waals surface area contributed by atoms with Crippen molar-refractivity contribution < 1.29 is 9.59 Å². The summed E-state index contributed by atoms with van der Waals surface area (Å²) >= 11 is 3.38. The molecule has 7 heteroatoms. The Morgan fingerprint density at radius 2 is 2.09 bits per heavy atom. The average molecular weight is 391 g/mol. The number of anilines is 2. The van der Waals surface area contributed by atoms with Crippen LogP contribution in [-0.4, -0.2) is 29.8 Å². The third kappa shape index (κ3) is 4.88. The van der Waals surface area contributed by atoms with E-state index < -0.39 is 0 Å². The van der Waals surface area contributed by atoms with Crippen molar-refractivity contribution in [3.8, 4) is 0 Å². The predicted octanol–water partition coefficient (Wildman–Crippen LogP) is 3.10. The van der Waals surface area contributed by atoms with Gasteiger partial charge in [0.15, 0.2) is 0 Å². The van der Waals surface area contributed by atoms with Gasteiger partial charge in [-0.25, -0.2) is 0 Å². The molecule has 0 aliphatic carbocycles. The van der Waals surface area contributed by atoms with Gasteiger partial charge in [0.05, 0.1) is 17.9 Å². The van der Waals surface area contributed by atoms with Crippen molar-refractivity contribution in [3.05, 3.63) is 22.2 Å². The molecule has 22 heavy (non-hydrogen) atoms. The maximum absolute atomic E-state index is 12.1. The average Bonchev–Trinajstić information content (AvgIpc) is 2.61. The van der Waals surface area contributed by atoms with E-state index in [1.54, 1.807) is 11.0 Å². The number of nitrogen functional groups attached to an aromatic ring is 1. The SMILES string of the molecule is Cc1cc(Br)cc(NC(=O)CN2CCCCCC2=O)c1N.Cl. The Morgan fingerprint density at radius 1 is 1.36 bits per heavy atom. The number of amides is 2. The van der Waals surface area contributed by atoms with E-state index in [0.29, 0.717) is 24.3 Å². The van der Waals surface area contributed by atoms with Crippen molar-refractivity contribution in [1.82, 2.24) is 4.90 Å². The van der Waals surface area contributed by atoms with E-state index in [1.807, 2.05) is 13.0 Å². The summed E-state index contributed by atoms with van der Waals surface area (Å²) in [6.45, 7) is 2.62. The van der Waals surface area contributed by atoms with Crippen molar-refractivity contribution in [3.63, 3.8) is 0 Å². The van der Waals surface area contributed by atoms with Crippen molar-refractivity contribution in [2.45, 2.75) is 32.6 Å². The minimum absolute atomic E-state index is 0. The van der Waals surface area contributed by atoms with Gasteiger partial charge in [-0.15, -0.1) is 12.4 Å². The molecular weight excluding hydrogens is 370 g/mol. The molecule has 0 bridgehead atoms. The maximum atomic E-state index is 12.1. The second-order valence-electron chi connectivity index (χ2n) is 5.36. The number of hydrogen-bond acceptors (Lipinski definition) is 3. The fraction of sp³-hybridized carbons (Fsp3) is 0.467. The monoisotopic (exact) mass is 389 g/mol. The number of carbonyl (C=O) groups excluding carboxylic acids is 2. The van der Waals surface area contributed by atoms with Gasteiger partial charge in [-0.1, -0.05) is 22.4 Å². The van der Waals surface area contributed by atoms with Crippen molar-refractivity contribution in [2.24, 2.45) is 0 Å². The van der Waals surface area contributed by atoms with Crippen LogP contribution in [0.2, 0.25) is 0 Å². The number of nitrogens with one attached hydrogen (secondary N) is 1. The highest BCUT2D eigenvalue weighted by molar-refractivity contribution is 9.10. The second-order valence-corrected chi connectivity index (χ2v) is 6.27. The summed E-state index contributed by atoms with van der Waals surface area (Å²) < 4.78 is 0.857. The molecule has 0 radical (unpaired) electrons. The quantitative estimate of drug-likeness (QED) is 0.779. The van der Waals surface area contributed by atoms with Gasteiger partial charge in [0, 0.05) is 17.4 Å². The number of likely N-dealkylation sites (tertiary alicyclic amines) is 1. The third-order valence-corrected chi connectivity index (χ3v) is 4.09. The van der Waals surface area contributed by atoms with Crippen molar-refractivity contribution in [1.29, 1.82) is 0 Å². The molecule has 122 valence electrons. The van der Waals surface area contributed by atoms with Crippen LogP contribution in [-0.2, 0) is 9.59 Å². The predicted molar refractivity (Wildman–Crippen MR) is 94.2 cm³/mol. The highest BCUT2D eigenvalue weighted by Gasteiger charge is 2.19. The van der Waals surface area contributed by atoms with E-state index in [2.05, 4.69) is 21.2 Å². The fourth-order valence-electron chi connectivity index (χ4n) is 2.43. The van der Waals surface area contributed by atoms with Crippen LogP contribution in [0.4, 0.5) is 11.4 Å². The third-order valence-electron chi connectivity index (χ3n) is 3.63. The Hall–Kier alpha value is -1.27. The summed E-state index contributed by atoms with van der Waals surface area (Å²) in [6.07, 6.45) is 3.44. The molecular formula is C15H21BrClN3O2. The van der Waals surface area contributed by atoms with Crippen LogP contribution in [0.25, 0.3) is 0 Å². The summed E-state index contributed by atoms with van der Waals surface area (Å²) in [4.78, 5) is 25.7. The molecule has 0 aromatic heterocycles. The Balaban J connectivity index is 0.00000242. The van der Waals surface area contributed by atoms with E-state index in [0.717, 1.165) is 29.3 Å². The number of rotatable bonds is 3. The van der Waals surface area contributed by atoms with Gasteiger partial charge in [-0.2, -0.15) is 0 Å². The summed E-state index contributed by atoms with van der Waals surface area (Å²) in [7, 11) is 0. The molecule has 0 saturated carbocycles. The van der Waals surface area contributed by atoms with Crippen LogP contribution < -0.4 is 11.1 Å². The van der Waals surface area contributed by atoms with Gasteiger partial charge in [0.2, 0.25) is 11.8 Å². The second kappa shape index (κ2) is 8.39. The topological polar surface area (TPSA) is 75.4 Å². The molecule has 0 spiro atoms. The summed E-state index contributed by atoms with van der Waals surface area (Å²) in [5.74, 6) is -0.157. The zero-order valence-electron chi connectivity index (χ0n) is 12.5. The lowest BCUT2D eigenvalue weighted by Gasteiger charge is -2.20. The van der Waals surface area contributed by atoms with E-state index in [-0.39, 0.29) is 30.8 Å². The number of hydrogen-bond donors (Lipinski definition) is 2. The molecule has 0 atom stereocenters. The number of carbonyl (C=O) groups is 2. The molecule has 1 aliphatic heterocycles. The largest absolute Gasteiger partial charge is 0.397 e. The zero-order valence-corrected chi connectivity index (χ0v) is 14.9. The van der Waals surface area contributed by atoms with E-state index >= 15 is 0 Å². The van der Waals surface area contributed by atoms with Gasteiger partial charge >= 0.3 is 0 Å². The number of halogens is 2. The van der Waals surface area contributed by atoms with Gasteiger partial charge in [0.1, 0.15) is 0 Å². The Morgan fingerprint density at radius 3 is 2.82 bits per heavy atom. The molecule has 0 unspecified atom stereocenters. The van der Waals surface area contributed by atoms with Crippen LogP contribution >= 0.6 is 28.3 Å². The summed E-state index contributed by atoms with van der Waals surface area (Å²) in [5.41, 5.74) is 7.99. The lowest BCUT2D eigenvalue weighted by molar-refractivity contribution is -0.134. The molecule has 1 fully saturated rings. The summed E-state index contributed by atoms with van der Waals surface area (Å²) in [6, 6.07) is 3.66. The van der Waals surface area contributed by atoms with Crippen molar-refractivity contribution >= 4 is 51.5 Å². The van der Waals surface area contributed by atoms with Crippen LogP contribution in [0.15, 0.2) is 16.6 Å². The smallest absolute Gasteiger partial charge is 0.244 e. The van der Waals surface area contributed by atoms with Gasteiger partial charge < -0.3 is 16.0 Å². The van der Waals surface area contributed by atoms with Crippen LogP contribution in [0, 0.1) is 6.92 Å². The van der Waals surface area contributed by atoms with Gasteiger partial charge in [-0.3, -0.25) is 9.59 Å². The molecule has 1 saturated heterocycles. The minimum Gasteiger partial charge on any atom is -0.397 e. The van der Waals surface area contributed by atoms with E-state index in [9.17, 15) is 9.59 Å². The Labute approximate surface area is 145 Å². The number of aryl methyl sites for hydroxylation is 1. The van der Waals surface area contributed by atoms with E-state index in [4.69, 9.17) is 5.73 Å². The molecule has 2 rings (SSSR count). The van der Waals surface area contributed by atoms with Crippen LogP contribution in [0.5, 0.6) is 0 Å². The standard InChI is InChI=1S/C15H20BrN3O2.ClH/c1-10-7-11(16)8-12(15(10)17)18-13(20)9-19-6-4-2-3-5-14(19)21;/h7-8H,2-6,9,17H2,1H3,(H,18,20);1H. The lowest BCUT2D eigenvalue weighted by Crippen LogP contribution is -2.37. The molecule has 3 N–H and O–H groups in total. The first-order chi connectivity index (χ1) is 9.97. The zero-order chi connectivity index (χ0) is 15.4. The first-order valence-electron chi connectivity index (χ1n) is 7.10. The van der Waals surface area contributed by atoms with Gasteiger partial charge in [-0.05, 0) is 37.5 Å². The number of benzene rings is 1. The summed E-state index contributed by atoms with van der Waals surface area (Å²) in [5, 5.41) is 2.79. The molecule has 1 aromatic rings. The maximum Gasteiger partial charge on any atom is 0.244 e. The lowest BCUT2D eigenvalue weighted by atomic mass is 10.1. The number of nitrogens with zero attached hydrogens (tertiary/aromatic N) is 1.